The van der Waals surface area contributed by atoms with Crippen LogP contribution in [0.5, 0.6) is 5.75 Å². The molecule has 5 N–H and O–H groups in total. The van der Waals surface area contributed by atoms with Crippen molar-refractivity contribution in [2.24, 2.45) is 4.99 Å². The van der Waals surface area contributed by atoms with Gasteiger partial charge < -0.3 is 30.3 Å². The van der Waals surface area contributed by atoms with Gasteiger partial charge in [-0.15, -0.1) is 0 Å². The van der Waals surface area contributed by atoms with Crippen molar-refractivity contribution in [3.63, 3.8) is 0 Å². The number of ether oxygens (including phenoxy) is 1. The van der Waals surface area contributed by atoms with Gasteiger partial charge in [-0.1, -0.05) is 30.0 Å². The molecule has 11 heteroatoms. The molecule has 2 aromatic rings. The summed E-state index contributed by atoms with van der Waals surface area (Å²) in [4.78, 5) is 23.9. The molecule has 1 amide bonds. The number of fused-ring (bicyclic) bond motifs is 1. The number of aliphatic hydroxyl groups excluding tert-OH is 3. The van der Waals surface area contributed by atoms with Crippen LogP contribution in [0.2, 0.25) is 0 Å². The first-order valence-corrected chi connectivity index (χ1v) is 14.4. The lowest BCUT2D eigenvalue weighted by molar-refractivity contribution is -0.124. The van der Waals surface area contributed by atoms with Gasteiger partial charge in [-0.25, -0.2) is 10.3 Å². The molecule has 0 spiro atoms. The zero-order chi connectivity index (χ0) is 29.9. The van der Waals surface area contributed by atoms with E-state index in [-0.39, 0.29) is 13.3 Å². The van der Waals surface area contributed by atoms with Gasteiger partial charge in [0, 0.05) is 62.0 Å². The molecule has 0 aliphatic carbocycles. The summed E-state index contributed by atoms with van der Waals surface area (Å²) in [6.45, 7) is 8.22. The van der Waals surface area contributed by atoms with Crippen LogP contribution in [0.4, 0.5) is 0 Å². The van der Waals surface area contributed by atoms with Crippen molar-refractivity contribution in [1.82, 2.24) is 25.3 Å². The predicted molar refractivity (Wildman–Crippen MR) is 158 cm³/mol. The molecule has 3 aliphatic heterocycles. The Labute approximate surface area is 246 Å². The van der Waals surface area contributed by atoms with Gasteiger partial charge >= 0.3 is 0 Å². The number of rotatable bonds is 6. The lowest BCUT2D eigenvalue weighted by Gasteiger charge is -2.29. The van der Waals surface area contributed by atoms with Crippen LogP contribution < -0.4 is 15.4 Å². The number of aliphatic imine (C=N–C) groups is 1. The Balaban J connectivity index is 1.34. The molecule has 11 nitrogen and oxygen atoms in total. The van der Waals surface area contributed by atoms with Gasteiger partial charge in [-0.3, -0.25) is 14.6 Å². The van der Waals surface area contributed by atoms with Crippen LogP contribution in [0.1, 0.15) is 48.8 Å². The summed E-state index contributed by atoms with van der Waals surface area (Å²) in [6.07, 6.45) is -1.19. The van der Waals surface area contributed by atoms with E-state index < -0.39 is 24.0 Å². The van der Waals surface area contributed by atoms with Gasteiger partial charge in [-0.2, -0.15) is 0 Å². The van der Waals surface area contributed by atoms with Crippen molar-refractivity contribution in [2.45, 2.75) is 51.0 Å². The van der Waals surface area contributed by atoms with Crippen LogP contribution in [0, 0.1) is 11.8 Å². The Morgan fingerprint density at radius 2 is 1.93 bits per heavy atom. The van der Waals surface area contributed by atoms with Gasteiger partial charge in [0.05, 0.1) is 7.11 Å². The van der Waals surface area contributed by atoms with E-state index in [0.717, 1.165) is 49.6 Å². The fourth-order valence-electron chi connectivity index (χ4n) is 5.85. The molecule has 224 valence electrons. The second kappa shape index (κ2) is 12.8. The molecule has 5 rings (SSSR count). The molecule has 0 saturated carbocycles. The van der Waals surface area contributed by atoms with Gasteiger partial charge in [-0.05, 0) is 50.1 Å². The standard InChI is InChI=1S/C31H40N6O5/c1-21(2)35-13-4-14-36(16-15-35)27(32-20-38)23-7-5-22(6-8-23)11-12-31(29(40)33-30(41)34-31)19-37-18-24-9-10-25(42-3)17-26(24)28(37)39/h5-10,17,21,28,30,34,38-39,41H,4,13-16,18-20H2,1-3H3,(H,33,40). The summed E-state index contributed by atoms with van der Waals surface area (Å²) in [5.41, 5.74) is 1.76. The highest BCUT2D eigenvalue weighted by atomic mass is 16.5. The Morgan fingerprint density at radius 3 is 2.60 bits per heavy atom. The molecular formula is C31H40N6O5. The first-order chi connectivity index (χ1) is 20.2. The molecule has 3 atom stereocenters. The molecule has 0 radical (unpaired) electrons. The largest absolute Gasteiger partial charge is 0.497 e. The SMILES string of the molecule is COc1ccc2c(c1)C(O)N(CC1(C#Cc3ccc(C(=NCO)N4CCCN(C(C)C)CC4)cc3)NC(O)NC1=O)C2. The minimum absolute atomic E-state index is 0.0504. The number of carbonyl (C=O) groups excluding carboxylic acids is 1. The summed E-state index contributed by atoms with van der Waals surface area (Å²) in [7, 11) is 1.57. The van der Waals surface area contributed by atoms with Crippen LogP contribution in [0.25, 0.3) is 0 Å². The van der Waals surface area contributed by atoms with Crippen molar-refractivity contribution in [2.75, 3.05) is 46.6 Å². The fourth-order valence-corrected chi connectivity index (χ4v) is 5.85. The molecule has 3 unspecified atom stereocenters. The summed E-state index contributed by atoms with van der Waals surface area (Å²) in [6, 6.07) is 13.6. The Kier molecular flexibility index (Phi) is 9.13. The number of benzene rings is 2. The molecule has 42 heavy (non-hydrogen) atoms. The topological polar surface area (TPSA) is 133 Å². The number of nitrogens with one attached hydrogen (secondary N) is 2. The molecule has 3 aliphatic rings. The fraction of sp³-hybridized carbons (Fsp3) is 0.484. The normalized spacial score (nSPS) is 25.2. The highest BCUT2D eigenvalue weighted by Crippen LogP contribution is 2.35. The van der Waals surface area contributed by atoms with E-state index in [4.69, 9.17) is 4.74 Å². The third kappa shape index (κ3) is 6.29. The quantitative estimate of drug-likeness (QED) is 0.188. The van der Waals surface area contributed by atoms with E-state index in [9.17, 15) is 20.1 Å². The van der Waals surface area contributed by atoms with Crippen molar-refractivity contribution >= 4 is 11.7 Å². The minimum atomic E-state index is -1.44. The number of amidine groups is 1. The van der Waals surface area contributed by atoms with Crippen molar-refractivity contribution < 1.29 is 24.9 Å². The maximum Gasteiger partial charge on any atom is 0.257 e. The smallest absolute Gasteiger partial charge is 0.257 e. The van der Waals surface area contributed by atoms with Crippen LogP contribution in [0.3, 0.4) is 0 Å². The van der Waals surface area contributed by atoms with Gasteiger partial charge in [0.15, 0.2) is 11.9 Å². The third-order valence-electron chi connectivity index (χ3n) is 8.17. The van der Waals surface area contributed by atoms with Crippen molar-refractivity contribution in [3.05, 3.63) is 64.7 Å². The maximum absolute atomic E-state index is 13.1. The van der Waals surface area contributed by atoms with E-state index in [1.807, 2.05) is 36.4 Å². The van der Waals surface area contributed by atoms with E-state index in [1.54, 1.807) is 18.1 Å². The predicted octanol–water partition coefficient (Wildman–Crippen LogP) is 0.400. The lowest BCUT2D eigenvalue weighted by Crippen LogP contribution is -2.54. The summed E-state index contributed by atoms with van der Waals surface area (Å²) in [5.74, 6) is 7.07. The van der Waals surface area contributed by atoms with Crippen LogP contribution in [-0.2, 0) is 11.3 Å². The van der Waals surface area contributed by atoms with Crippen LogP contribution >= 0.6 is 0 Å². The molecule has 0 aromatic heterocycles. The zero-order valence-electron chi connectivity index (χ0n) is 24.4. The maximum atomic E-state index is 13.1. The van der Waals surface area contributed by atoms with Crippen LogP contribution in [-0.4, -0.2) is 106 Å². The van der Waals surface area contributed by atoms with E-state index >= 15 is 0 Å². The number of hydrogen-bond acceptors (Lipinski definition) is 9. The molecule has 2 fully saturated rings. The summed E-state index contributed by atoms with van der Waals surface area (Å²) >= 11 is 0. The number of nitrogens with zero attached hydrogens (tertiary/aromatic N) is 4. The van der Waals surface area contributed by atoms with Gasteiger partial charge in [0.1, 0.15) is 24.5 Å². The molecule has 0 bridgehead atoms. The zero-order valence-corrected chi connectivity index (χ0v) is 24.4. The second-order valence-corrected chi connectivity index (χ2v) is 11.2. The van der Waals surface area contributed by atoms with Gasteiger partial charge in [0.25, 0.3) is 5.91 Å². The van der Waals surface area contributed by atoms with E-state index in [0.29, 0.717) is 29.5 Å². The number of methoxy groups -OCH3 is 1. The van der Waals surface area contributed by atoms with E-state index in [2.05, 4.69) is 51.1 Å². The average Bonchev–Trinajstić information content (AvgIpc) is 3.29. The Bertz CT molecular complexity index is 1370. The highest BCUT2D eigenvalue weighted by molar-refractivity contribution is 5.99. The van der Waals surface area contributed by atoms with Gasteiger partial charge in [0.2, 0.25) is 0 Å². The second-order valence-electron chi connectivity index (χ2n) is 11.2. The summed E-state index contributed by atoms with van der Waals surface area (Å²) < 4.78 is 5.30. The number of carbonyl (C=O) groups is 1. The Morgan fingerprint density at radius 1 is 1.14 bits per heavy atom. The van der Waals surface area contributed by atoms with Crippen LogP contribution in [0.15, 0.2) is 47.5 Å². The Hall–Kier alpha value is -3.50. The molecular weight excluding hydrogens is 536 g/mol. The monoisotopic (exact) mass is 576 g/mol. The number of aliphatic hydroxyl groups is 3. The number of amides is 1. The average molecular weight is 577 g/mol. The summed E-state index contributed by atoms with van der Waals surface area (Å²) in [5, 5.41) is 36.3. The molecule has 2 aromatic carbocycles. The van der Waals surface area contributed by atoms with E-state index in [1.165, 1.54) is 0 Å². The molecule has 2 saturated heterocycles. The highest BCUT2D eigenvalue weighted by Gasteiger charge is 2.48. The minimum Gasteiger partial charge on any atom is -0.497 e. The van der Waals surface area contributed by atoms with Crippen molar-refractivity contribution in [3.8, 4) is 17.6 Å². The first-order valence-electron chi connectivity index (χ1n) is 14.4. The number of hydrogen-bond donors (Lipinski definition) is 5. The first kappa shape index (κ1) is 30.0. The molecule has 3 heterocycles. The van der Waals surface area contributed by atoms with Crippen molar-refractivity contribution in [1.29, 1.82) is 0 Å². The lowest BCUT2D eigenvalue weighted by atomic mass is 9.98. The third-order valence-corrected chi connectivity index (χ3v) is 8.17.